The Bertz CT molecular complexity index is 1720. The first-order valence-corrected chi connectivity index (χ1v) is 14.6. The Labute approximate surface area is 255 Å². The molecule has 11 nitrogen and oxygen atoms in total. The van der Waals surface area contributed by atoms with Crippen LogP contribution in [0.3, 0.4) is 0 Å². The number of halogens is 2. The lowest BCUT2D eigenvalue weighted by Crippen LogP contribution is -2.63. The Morgan fingerprint density at radius 1 is 1.16 bits per heavy atom. The lowest BCUT2D eigenvalue weighted by molar-refractivity contribution is 0.0130. The summed E-state index contributed by atoms with van der Waals surface area (Å²) in [6.07, 6.45) is 1.59. The van der Waals surface area contributed by atoms with Gasteiger partial charge in [0.05, 0.1) is 11.2 Å². The van der Waals surface area contributed by atoms with E-state index in [-0.39, 0.29) is 34.9 Å². The van der Waals surface area contributed by atoms with Crippen LogP contribution in [0.25, 0.3) is 10.6 Å². The van der Waals surface area contributed by atoms with Crippen LogP contribution < -0.4 is 10.7 Å². The van der Waals surface area contributed by atoms with Crippen molar-refractivity contribution in [2.45, 2.75) is 31.5 Å². The van der Waals surface area contributed by atoms with E-state index in [2.05, 4.69) is 20.5 Å². The first-order valence-electron chi connectivity index (χ1n) is 13.8. The van der Waals surface area contributed by atoms with Crippen molar-refractivity contribution in [1.29, 1.82) is 0 Å². The van der Waals surface area contributed by atoms with Crippen LogP contribution in [0, 0.1) is 11.6 Å². The molecular formula is C30H30F2N6O5S. The van der Waals surface area contributed by atoms with Gasteiger partial charge in [0, 0.05) is 51.7 Å². The SMILES string of the molecule is CNC1(N(C)C(=O)c2[nH]cc(-c3nnc(Cc4ccc(F)cc4F)s3)c(=O)c2O)CCN(C(=O)OCc2ccccc2)CC1. The van der Waals surface area contributed by atoms with Gasteiger partial charge in [0.1, 0.15) is 23.2 Å². The number of carbonyl (C=O) groups is 2. The van der Waals surface area contributed by atoms with Gasteiger partial charge in [-0.3, -0.25) is 14.9 Å². The van der Waals surface area contributed by atoms with Gasteiger partial charge in [-0.2, -0.15) is 0 Å². The summed E-state index contributed by atoms with van der Waals surface area (Å²) in [5.41, 5.74) is -0.929. The molecule has 0 aliphatic carbocycles. The maximum absolute atomic E-state index is 14.1. The highest BCUT2D eigenvalue weighted by molar-refractivity contribution is 7.14. The van der Waals surface area contributed by atoms with Crippen LogP contribution in [-0.4, -0.2) is 74.9 Å². The molecule has 2 aromatic heterocycles. The highest BCUT2D eigenvalue weighted by Gasteiger charge is 2.41. The highest BCUT2D eigenvalue weighted by Crippen LogP contribution is 2.29. The zero-order chi connectivity index (χ0) is 31.4. The zero-order valence-corrected chi connectivity index (χ0v) is 24.8. The predicted molar refractivity (Wildman–Crippen MR) is 158 cm³/mol. The van der Waals surface area contributed by atoms with Crippen molar-refractivity contribution in [3.63, 3.8) is 0 Å². The molecular weight excluding hydrogens is 594 g/mol. The number of carbonyl (C=O) groups excluding carboxylic acids is 2. The van der Waals surface area contributed by atoms with Crippen LogP contribution in [0.4, 0.5) is 13.6 Å². The summed E-state index contributed by atoms with van der Waals surface area (Å²) in [5.74, 6) is -2.84. The lowest BCUT2D eigenvalue weighted by Gasteiger charge is -2.46. The molecule has 1 aliphatic rings. The first kappa shape index (κ1) is 30.8. The maximum atomic E-state index is 14.1. The number of nitrogens with zero attached hydrogens (tertiary/aromatic N) is 4. The van der Waals surface area contributed by atoms with Crippen LogP contribution in [0.1, 0.15) is 39.5 Å². The fourth-order valence-corrected chi connectivity index (χ4v) is 5.96. The molecule has 0 atom stereocenters. The standard InChI is InChI=1S/C30H30F2N6O5S/c1-33-30(10-12-38(13-11-30)29(42)43-17-18-6-4-3-5-7-18)37(2)28(41)24-26(40)25(39)21(16-34-24)27-36-35-23(44-27)14-19-8-9-20(31)15-22(19)32/h3-9,15-16,33,40H,10-14,17H2,1-2H3,(H,34,39). The minimum Gasteiger partial charge on any atom is -0.503 e. The van der Waals surface area contributed by atoms with E-state index < -0.39 is 40.5 Å². The molecule has 2 amide bonds. The summed E-state index contributed by atoms with van der Waals surface area (Å²) in [6, 6.07) is 12.6. The molecule has 0 bridgehead atoms. The first-order chi connectivity index (χ1) is 21.1. The van der Waals surface area contributed by atoms with Crippen molar-refractivity contribution in [1.82, 2.24) is 30.3 Å². The van der Waals surface area contributed by atoms with E-state index in [1.165, 1.54) is 17.2 Å². The summed E-state index contributed by atoms with van der Waals surface area (Å²) >= 11 is 1.01. The number of hydrogen-bond donors (Lipinski definition) is 3. The highest BCUT2D eigenvalue weighted by atomic mass is 32.1. The summed E-state index contributed by atoms with van der Waals surface area (Å²) in [5, 5.41) is 22.5. The minimum atomic E-state index is -0.862. The van der Waals surface area contributed by atoms with Crippen LogP contribution in [0.2, 0.25) is 0 Å². The maximum Gasteiger partial charge on any atom is 0.410 e. The number of hydrogen-bond acceptors (Lipinski definition) is 9. The van der Waals surface area contributed by atoms with Gasteiger partial charge in [-0.1, -0.05) is 47.7 Å². The second-order valence-corrected chi connectivity index (χ2v) is 11.4. The van der Waals surface area contributed by atoms with Crippen molar-refractivity contribution in [3.8, 4) is 16.3 Å². The van der Waals surface area contributed by atoms with Crippen molar-refractivity contribution < 1.29 is 28.2 Å². The quantitative estimate of drug-likeness (QED) is 0.251. The number of ether oxygens (including phenoxy) is 1. The van der Waals surface area contributed by atoms with Crippen molar-refractivity contribution in [2.24, 2.45) is 0 Å². The van der Waals surface area contributed by atoms with Crippen molar-refractivity contribution in [2.75, 3.05) is 27.2 Å². The molecule has 1 aliphatic heterocycles. The third-order valence-corrected chi connectivity index (χ3v) is 8.75. The second-order valence-electron chi connectivity index (χ2n) is 10.3. The summed E-state index contributed by atoms with van der Waals surface area (Å²) in [6.45, 7) is 0.781. The Balaban J connectivity index is 1.26. The molecule has 14 heteroatoms. The van der Waals surface area contributed by atoms with Crippen LogP contribution in [-0.2, 0) is 17.8 Å². The number of aromatic hydroxyl groups is 1. The molecule has 1 fully saturated rings. The Morgan fingerprint density at radius 3 is 2.57 bits per heavy atom. The van der Waals surface area contributed by atoms with Crippen LogP contribution in [0.5, 0.6) is 5.75 Å². The molecule has 44 heavy (non-hydrogen) atoms. The molecule has 5 rings (SSSR count). The van der Waals surface area contributed by atoms with Crippen molar-refractivity contribution in [3.05, 3.63) is 98.4 Å². The fourth-order valence-electron chi connectivity index (χ4n) is 5.09. The molecule has 3 N–H and O–H groups in total. The largest absolute Gasteiger partial charge is 0.503 e. The van der Waals surface area contributed by atoms with E-state index in [0.717, 1.165) is 29.0 Å². The third kappa shape index (κ3) is 6.31. The van der Waals surface area contributed by atoms with Gasteiger partial charge in [-0.15, -0.1) is 10.2 Å². The molecule has 4 aromatic rings. The van der Waals surface area contributed by atoms with Gasteiger partial charge in [-0.05, 0) is 24.2 Å². The monoisotopic (exact) mass is 624 g/mol. The topological polar surface area (TPSA) is 141 Å². The number of H-pyrrole nitrogens is 1. The molecule has 0 spiro atoms. The smallest absolute Gasteiger partial charge is 0.410 e. The van der Waals surface area contributed by atoms with Crippen molar-refractivity contribution >= 4 is 23.3 Å². The zero-order valence-electron chi connectivity index (χ0n) is 24.0. The average Bonchev–Trinajstić information content (AvgIpc) is 3.50. The van der Waals surface area contributed by atoms with E-state index in [4.69, 9.17) is 4.74 Å². The van der Waals surface area contributed by atoms with E-state index in [1.54, 1.807) is 19.0 Å². The predicted octanol–water partition coefficient (Wildman–Crippen LogP) is 3.89. The number of amides is 2. The van der Waals surface area contributed by atoms with Gasteiger partial charge in [-0.25, -0.2) is 13.6 Å². The number of rotatable bonds is 8. The Kier molecular flexibility index (Phi) is 9.01. The van der Waals surface area contributed by atoms with Gasteiger partial charge in [0.15, 0.2) is 16.5 Å². The molecule has 0 saturated carbocycles. The molecule has 230 valence electrons. The number of pyridine rings is 1. The Hall–Kier alpha value is -4.69. The molecule has 0 radical (unpaired) electrons. The van der Waals surface area contributed by atoms with E-state index in [1.807, 2.05) is 30.3 Å². The summed E-state index contributed by atoms with van der Waals surface area (Å²) < 4.78 is 32.7. The summed E-state index contributed by atoms with van der Waals surface area (Å²) in [4.78, 5) is 45.0. The van der Waals surface area contributed by atoms with E-state index >= 15 is 0 Å². The normalized spacial score (nSPS) is 14.3. The number of benzene rings is 2. The van der Waals surface area contributed by atoms with Gasteiger partial charge in [0.2, 0.25) is 5.43 Å². The third-order valence-electron chi connectivity index (χ3n) is 7.79. The molecule has 2 aromatic carbocycles. The van der Waals surface area contributed by atoms with E-state index in [0.29, 0.717) is 30.9 Å². The van der Waals surface area contributed by atoms with Crippen LogP contribution >= 0.6 is 11.3 Å². The fraction of sp³-hybridized carbons (Fsp3) is 0.300. The number of aromatic nitrogens is 3. The van der Waals surface area contributed by atoms with Gasteiger partial charge >= 0.3 is 6.09 Å². The molecule has 1 saturated heterocycles. The molecule has 3 heterocycles. The second kappa shape index (κ2) is 12.9. The Morgan fingerprint density at radius 2 is 1.89 bits per heavy atom. The number of likely N-dealkylation sites (tertiary alicyclic amines) is 1. The lowest BCUT2D eigenvalue weighted by atomic mass is 9.94. The van der Waals surface area contributed by atoms with Crippen LogP contribution in [0.15, 0.2) is 59.5 Å². The number of nitrogens with one attached hydrogen (secondary N) is 2. The van der Waals surface area contributed by atoms with Gasteiger partial charge in [0.25, 0.3) is 5.91 Å². The number of aromatic amines is 1. The minimum absolute atomic E-state index is 0.0179. The average molecular weight is 625 g/mol. The summed E-state index contributed by atoms with van der Waals surface area (Å²) in [7, 11) is 3.25. The molecule has 0 unspecified atom stereocenters. The number of piperidine rings is 1. The van der Waals surface area contributed by atoms with E-state index in [9.17, 15) is 28.3 Å². The van der Waals surface area contributed by atoms with Gasteiger partial charge < -0.3 is 24.6 Å².